The van der Waals surface area contributed by atoms with Crippen LogP contribution in [0, 0.1) is 5.82 Å². The maximum Gasteiger partial charge on any atom is 0.230 e. The van der Waals surface area contributed by atoms with E-state index in [1.54, 1.807) is 24.5 Å². The molecule has 30 heavy (non-hydrogen) atoms. The van der Waals surface area contributed by atoms with Crippen LogP contribution in [-0.2, 0) is 11.2 Å². The van der Waals surface area contributed by atoms with Crippen molar-refractivity contribution in [2.75, 3.05) is 12.3 Å². The molecule has 4 rings (SSSR count). The van der Waals surface area contributed by atoms with Crippen molar-refractivity contribution in [3.8, 4) is 17.3 Å². The molecule has 0 aliphatic rings. The van der Waals surface area contributed by atoms with Crippen LogP contribution in [0.1, 0.15) is 5.56 Å². The summed E-state index contributed by atoms with van der Waals surface area (Å²) in [5, 5.41) is 12.0. The first-order valence-corrected chi connectivity index (χ1v) is 10.4. The van der Waals surface area contributed by atoms with Crippen molar-refractivity contribution in [1.82, 2.24) is 20.1 Å². The molecular weight excluding hydrogens is 403 g/mol. The number of rotatable bonds is 8. The molecule has 0 saturated heterocycles. The minimum Gasteiger partial charge on any atom is -0.461 e. The summed E-state index contributed by atoms with van der Waals surface area (Å²) in [5.74, 6) is 0.999. The lowest BCUT2D eigenvalue weighted by atomic mass is 10.1. The summed E-state index contributed by atoms with van der Waals surface area (Å²) in [4.78, 5) is 12.3. The van der Waals surface area contributed by atoms with Gasteiger partial charge in [-0.15, -0.1) is 10.2 Å². The van der Waals surface area contributed by atoms with Crippen LogP contribution < -0.4 is 5.32 Å². The highest BCUT2D eigenvalue weighted by molar-refractivity contribution is 7.99. The van der Waals surface area contributed by atoms with Gasteiger partial charge < -0.3 is 9.73 Å². The molecule has 2 aromatic heterocycles. The van der Waals surface area contributed by atoms with E-state index in [0.717, 1.165) is 11.3 Å². The maximum atomic E-state index is 13.0. The van der Waals surface area contributed by atoms with Crippen LogP contribution in [-0.4, -0.2) is 33.0 Å². The minimum atomic E-state index is -0.268. The Labute approximate surface area is 177 Å². The van der Waals surface area contributed by atoms with Crippen molar-refractivity contribution in [1.29, 1.82) is 0 Å². The van der Waals surface area contributed by atoms with E-state index in [2.05, 4.69) is 15.5 Å². The molecule has 0 unspecified atom stereocenters. The number of hydrogen-bond acceptors (Lipinski definition) is 5. The second-order valence-electron chi connectivity index (χ2n) is 6.47. The Morgan fingerprint density at radius 1 is 1.03 bits per heavy atom. The van der Waals surface area contributed by atoms with Crippen LogP contribution in [0.2, 0.25) is 0 Å². The number of carbonyl (C=O) groups is 1. The molecule has 1 N–H and O–H groups in total. The lowest BCUT2D eigenvalue weighted by molar-refractivity contribution is -0.118. The number of thioether (sulfide) groups is 1. The van der Waals surface area contributed by atoms with E-state index >= 15 is 0 Å². The maximum absolute atomic E-state index is 13.0. The Hall–Kier alpha value is -3.39. The van der Waals surface area contributed by atoms with Gasteiger partial charge in [-0.05, 0) is 48.4 Å². The lowest BCUT2D eigenvalue weighted by Gasteiger charge is -2.09. The smallest absolute Gasteiger partial charge is 0.230 e. The SMILES string of the molecule is O=C(CSc1nnc(-c2ccco2)n1-c1ccccc1)NCCc1ccc(F)cc1. The zero-order valence-electron chi connectivity index (χ0n) is 16.0. The number of para-hydroxylation sites is 1. The molecule has 152 valence electrons. The van der Waals surface area contributed by atoms with Gasteiger partial charge in [0, 0.05) is 12.2 Å². The number of aromatic nitrogens is 3. The number of hydrogen-bond donors (Lipinski definition) is 1. The molecule has 6 nitrogen and oxygen atoms in total. The molecule has 0 aliphatic carbocycles. The number of carbonyl (C=O) groups excluding carboxylic acids is 1. The van der Waals surface area contributed by atoms with Gasteiger partial charge in [0.1, 0.15) is 5.82 Å². The zero-order valence-corrected chi connectivity index (χ0v) is 16.8. The Morgan fingerprint density at radius 2 is 1.83 bits per heavy atom. The van der Waals surface area contributed by atoms with Crippen LogP contribution in [0.3, 0.4) is 0 Å². The number of halogens is 1. The molecular formula is C22H19FN4O2S. The highest BCUT2D eigenvalue weighted by Gasteiger charge is 2.18. The standard InChI is InChI=1S/C22H19FN4O2S/c23-17-10-8-16(9-11-17)12-13-24-20(28)15-30-22-26-25-21(19-7-4-14-29-19)27(22)18-5-2-1-3-6-18/h1-11,14H,12-13,15H2,(H,24,28). The van der Waals surface area contributed by atoms with Crippen LogP contribution in [0.5, 0.6) is 0 Å². The Kier molecular flexibility index (Phi) is 6.24. The van der Waals surface area contributed by atoms with Crippen molar-refractivity contribution in [3.63, 3.8) is 0 Å². The minimum absolute atomic E-state index is 0.107. The fraction of sp³-hybridized carbons (Fsp3) is 0.136. The molecule has 0 bridgehead atoms. The summed E-state index contributed by atoms with van der Waals surface area (Å²) >= 11 is 1.30. The summed E-state index contributed by atoms with van der Waals surface area (Å²) in [6.45, 7) is 0.480. The predicted octanol–water partition coefficient (Wildman–Crippen LogP) is 4.12. The van der Waals surface area contributed by atoms with E-state index in [0.29, 0.717) is 29.7 Å². The van der Waals surface area contributed by atoms with E-state index in [-0.39, 0.29) is 17.5 Å². The van der Waals surface area contributed by atoms with Crippen LogP contribution >= 0.6 is 11.8 Å². The van der Waals surface area contributed by atoms with E-state index < -0.39 is 0 Å². The number of furan rings is 1. The third-order valence-corrected chi connectivity index (χ3v) is 5.30. The molecule has 2 heterocycles. The molecule has 0 spiro atoms. The highest BCUT2D eigenvalue weighted by Crippen LogP contribution is 2.28. The molecule has 8 heteroatoms. The van der Waals surface area contributed by atoms with Crippen molar-refractivity contribution >= 4 is 17.7 Å². The molecule has 0 fully saturated rings. The molecule has 2 aromatic carbocycles. The first-order chi connectivity index (χ1) is 14.7. The van der Waals surface area contributed by atoms with E-state index in [1.807, 2.05) is 41.0 Å². The van der Waals surface area contributed by atoms with Crippen LogP contribution in [0.4, 0.5) is 4.39 Å². The third-order valence-electron chi connectivity index (χ3n) is 4.37. The van der Waals surface area contributed by atoms with E-state index in [9.17, 15) is 9.18 Å². The molecule has 1 amide bonds. The summed E-state index contributed by atoms with van der Waals surface area (Å²) in [7, 11) is 0. The zero-order chi connectivity index (χ0) is 20.8. The first kappa shape index (κ1) is 19.9. The van der Waals surface area contributed by atoms with Gasteiger partial charge in [0.25, 0.3) is 0 Å². The normalized spacial score (nSPS) is 10.8. The van der Waals surface area contributed by atoms with Gasteiger partial charge in [-0.1, -0.05) is 42.1 Å². The molecule has 4 aromatic rings. The van der Waals surface area contributed by atoms with Crippen molar-refractivity contribution < 1.29 is 13.6 Å². The topological polar surface area (TPSA) is 73.0 Å². The predicted molar refractivity (Wildman–Crippen MR) is 113 cm³/mol. The third kappa shape index (κ3) is 4.77. The Bertz CT molecular complexity index is 1100. The lowest BCUT2D eigenvalue weighted by Crippen LogP contribution is -2.27. The number of amides is 1. The van der Waals surface area contributed by atoms with E-state index in [1.165, 1.54) is 23.9 Å². The molecule has 0 saturated carbocycles. The van der Waals surface area contributed by atoms with Gasteiger partial charge >= 0.3 is 0 Å². The average molecular weight is 422 g/mol. The van der Waals surface area contributed by atoms with Gasteiger partial charge in [0.05, 0.1) is 12.0 Å². The van der Waals surface area contributed by atoms with Gasteiger partial charge in [0.15, 0.2) is 10.9 Å². The van der Waals surface area contributed by atoms with Gasteiger partial charge in [-0.25, -0.2) is 4.39 Å². The van der Waals surface area contributed by atoms with Crippen LogP contribution in [0.25, 0.3) is 17.3 Å². The fourth-order valence-electron chi connectivity index (χ4n) is 2.92. The monoisotopic (exact) mass is 422 g/mol. The Morgan fingerprint density at radius 3 is 2.57 bits per heavy atom. The Balaban J connectivity index is 1.40. The number of nitrogens with one attached hydrogen (secondary N) is 1. The molecule has 0 radical (unpaired) electrons. The first-order valence-electron chi connectivity index (χ1n) is 9.39. The summed E-state index contributed by atoms with van der Waals surface area (Å²) in [5.41, 5.74) is 1.85. The second kappa shape index (κ2) is 9.41. The van der Waals surface area contributed by atoms with Crippen molar-refractivity contribution in [2.24, 2.45) is 0 Å². The summed E-state index contributed by atoms with van der Waals surface area (Å²) in [6, 6.07) is 19.6. The number of nitrogens with zero attached hydrogens (tertiary/aromatic N) is 3. The van der Waals surface area contributed by atoms with Crippen molar-refractivity contribution in [2.45, 2.75) is 11.6 Å². The highest BCUT2D eigenvalue weighted by atomic mass is 32.2. The van der Waals surface area contributed by atoms with Gasteiger partial charge in [0.2, 0.25) is 11.7 Å². The number of benzene rings is 2. The average Bonchev–Trinajstić information content (AvgIpc) is 3.44. The largest absolute Gasteiger partial charge is 0.461 e. The summed E-state index contributed by atoms with van der Waals surface area (Å²) in [6.07, 6.45) is 2.22. The quantitative estimate of drug-likeness (QED) is 0.433. The van der Waals surface area contributed by atoms with Gasteiger partial charge in [-0.2, -0.15) is 0 Å². The van der Waals surface area contributed by atoms with E-state index in [4.69, 9.17) is 4.42 Å². The van der Waals surface area contributed by atoms with Crippen LogP contribution in [0.15, 0.2) is 82.6 Å². The second-order valence-corrected chi connectivity index (χ2v) is 7.41. The van der Waals surface area contributed by atoms with Crippen molar-refractivity contribution in [3.05, 3.63) is 84.4 Å². The molecule has 0 atom stereocenters. The molecule has 0 aliphatic heterocycles. The van der Waals surface area contributed by atoms with Gasteiger partial charge in [-0.3, -0.25) is 9.36 Å². The summed E-state index contributed by atoms with van der Waals surface area (Å²) < 4.78 is 20.3. The fourth-order valence-corrected chi connectivity index (χ4v) is 3.70.